The van der Waals surface area contributed by atoms with Gasteiger partial charge >= 0.3 is 0 Å². The van der Waals surface area contributed by atoms with Gasteiger partial charge in [-0.05, 0) is 19.8 Å². The first-order chi connectivity index (χ1) is 7.09. The van der Waals surface area contributed by atoms with Gasteiger partial charge in [0, 0.05) is 17.1 Å². The Morgan fingerprint density at radius 2 is 2.13 bits per heavy atom. The molecule has 1 atom stereocenters. The van der Waals surface area contributed by atoms with Crippen molar-refractivity contribution >= 4 is 21.8 Å². The average molecular weight is 275 g/mol. The Morgan fingerprint density at radius 3 is 2.67 bits per heavy atom. The predicted octanol–water partition coefficient (Wildman–Crippen LogP) is 1.93. The third kappa shape index (κ3) is 4.80. The third-order valence-electron chi connectivity index (χ3n) is 2.69. The second-order valence-electron chi connectivity index (χ2n) is 4.11. The van der Waals surface area contributed by atoms with Crippen LogP contribution in [0.3, 0.4) is 0 Å². The minimum absolute atomic E-state index is 0.0932. The highest BCUT2D eigenvalue weighted by atomic mass is 79.9. The summed E-state index contributed by atoms with van der Waals surface area (Å²) in [5, 5.41) is 6.15. The summed E-state index contributed by atoms with van der Waals surface area (Å²) >= 11 is 3.25. The molecule has 1 unspecified atom stereocenters. The normalized spacial score (nSPS) is 18.8. The summed E-state index contributed by atoms with van der Waals surface area (Å²) < 4.78 is 0.864. The first kappa shape index (κ1) is 12.7. The average Bonchev–Trinajstić information content (AvgIpc) is 2.66. The van der Waals surface area contributed by atoms with Crippen LogP contribution in [0, 0.1) is 0 Å². The molecule has 0 aromatic carbocycles. The summed E-state index contributed by atoms with van der Waals surface area (Å²) in [6, 6.07) is 0.244. The van der Waals surface area contributed by atoms with Gasteiger partial charge in [-0.3, -0.25) is 4.79 Å². The van der Waals surface area contributed by atoms with Gasteiger partial charge in [-0.15, -0.1) is 0 Å². The van der Waals surface area contributed by atoms with E-state index in [1.807, 2.05) is 6.92 Å². The second kappa shape index (κ2) is 6.28. The minimum Gasteiger partial charge on any atom is -0.352 e. The molecule has 15 heavy (non-hydrogen) atoms. The van der Waals surface area contributed by atoms with Gasteiger partial charge in [0.15, 0.2) is 0 Å². The number of nitrogens with one attached hydrogen (secondary N) is 2. The number of hydrogen-bond acceptors (Lipinski definition) is 2. The summed E-state index contributed by atoms with van der Waals surface area (Å²) in [5.41, 5.74) is 0. The first-order valence-corrected chi connectivity index (χ1v) is 6.26. The predicted molar refractivity (Wildman–Crippen MR) is 65.9 cm³/mol. The van der Waals surface area contributed by atoms with Crippen LogP contribution in [0.5, 0.6) is 0 Å². The highest BCUT2D eigenvalue weighted by Gasteiger charge is 2.19. The molecule has 1 aliphatic carbocycles. The molecule has 1 rings (SSSR count). The Morgan fingerprint density at radius 1 is 1.53 bits per heavy atom. The van der Waals surface area contributed by atoms with Gasteiger partial charge in [0.2, 0.25) is 5.91 Å². The molecule has 4 heteroatoms. The summed E-state index contributed by atoms with van der Waals surface area (Å²) in [6.07, 6.45) is 4.74. The number of halogens is 1. The maximum Gasteiger partial charge on any atom is 0.237 e. The number of carbonyl (C=O) groups excluding carboxylic acids is 1. The molecule has 1 amide bonds. The van der Waals surface area contributed by atoms with Crippen molar-refractivity contribution in [3.63, 3.8) is 0 Å². The van der Waals surface area contributed by atoms with E-state index in [9.17, 15) is 4.79 Å². The Balaban J connectivity index is 2.22. The molecule has 86 valence electrons. The summed E-state index contributed by atoms with van der Waals surface area (Å²) in [4.78, 5) is 11.7. The zero-order valence-corrected chi connectivity index (χ0v) is 10.8. The monoisotopic (exact) mass is 274 g/mol. The number of carbonyl (C=O) groups is 1. The van der Waals surface area contributed by atoms with E-state index in [-0.39, 0.29) is 11.9 Å². The van der Waals surface area contributed by atoms with Crippen molar-refractivity contribution in [2.75, 3.05) is 6.54 Å². The lowest BCUT2D eigenvalue weighted by molar-refractivity contribution is -0.123. The fourth-order valence-electron chi connectivity index (χ4n) is 1.75. The van der Waals surface area contributed by atoms with Crippen LogP contribution in [0.25, 0.3) is 0 Å². The van der Waals surface area contributed by atoms with Gasteiger partial charge in [-0.2, -0.15) is 0 Å². The zero-order valence-electron chi connectivity index (χ0n) is 9.18. The standard InChI is InChI=1S/C11H19BrN2O/c1-8(12)7-13-9(2)11(15)14-10-5-3-4-6-10/h9-10,13H,1,3-7H2,2H3,(H,14,15). The largest absolute Gasteiger partial charge is 0.352 e. The highest BCUT2D eigenvalue weighted by molar-refractivity contribution is 9.11. The van der Waals surface area contributed by atoms with Crippen LogP contribution in [-0.2, 0) is 4.79 Å². The summed E-state index contributed by atoms with van der Waals surface area (Å²) in [6.45, 7) is 6.21. The van der Waals surface area contributed by atoms with Crippen molar-refractivity contribution in [1.82, 2.24) is 10.6 Å². The van der Waals surface area contributed by atoms with E-state index < -0.39 is 0 Å². The van der Waals surface area contributed by atoms with Crippen molar-refractivity contribution in [3.05, 3.63) is 11.1 Å². The van der Waals surface area contributed by atoms with Crippen molar-refractivity contribution in [1.29, 1.82) is 0 Å². The Bertz CT molecular complexity index is 237. The molecule has 0 spiro atoms. The highest BCUT2D eigenvalue weighted by Crippen LogP contribution is 2.17. The third-order valence-corrected chi connectivity index (χ3v) is 2.98. The van der Waals surface area contributed by atoms with Gasteiger partial charge < -0.3 is 10.6 Å². The lowest BCUT2D eigenvalue weighted by atomic mass is 10.2. The molecule has 0 aromatic rings. The fraction of sp³-hybridized carbons (Fsp3) is 0.727. The van der Waals surface area contributed by atoms with E-state index in [2.05, 4.69) is 33.1 Å². The molecule has 0 heterocycles. The van der Waals surface area contributed by atoms with E-state index in [1.54, 1.807) is 0 Å². The van der Waals surface area contributed by atoms with E-state index >= 15 is 0 Å². The van der Waals surface area contributed by atoms with Crippen LogP contribution in [0.1, 0.15) is 32.6 Å². The van der Waals surface area contributed by atoms with Gasteiger partial charge in [0.25, 0.3) is 0 Å². The van der Waals surface area contributed by atoms with Crippen molar-refractivity contribution < 1.29 is 4.79 Å². The van der Waals surface area contributed by atoms with Crippen LogP contribution in [0.4, 0.5) is 0 Å². The zero-order chi connectivity index (χ0) is 11.3. The molecule has 0 aromatic heterocycles. The Labute approximate surface area is 99.8 Å². The van der Waals surface area contributed by atoms with Gasteiger partial charge in [0.05, 0.1) is 6.04 Å². The molecule has 1 saturated carbocycles. The summed E-state index contributed by atoms with van der Waals surface area (Å²) in [5.74, 6) is 0.0932. The van der Waals surface area contributed by atoms with Gasteiger partial charge in [0.1, 0.15) is 0 Å². The molecule has 2 N–H and O–H groups in total. The van der Waals surface area contributed by atoms with Crippen molar-refractivity contribution in [2.45, 2.75) is 44.7 Å². The molecule has 1 fully saturated rings. The maximum absolute atomic E-state index is 11.7. The Kier molecular flexibility index (Phi) is 5.32. The summed E-state index contributed by atoms with van der Waals surface area (Å²) in [7, 11) is 0. The molecule has 0 aliphatic heterocycles. The van der Waals surface area contributed by atoms with Crippen LogP contribution in [0.15, 0.2) is 11.1 Å². The van der Waals surface area contributed by atoms with E-state index in [1.165, 1.54) is 12.8 Å². The van der Waals surface area contributed by atoms with E-state index in [0.717, 1.165) is 17.3 Å². The quantitative estimate of drug-likeness (QED) is 0.805. The van der Waals surface area contributed by atoms with Crippen LogP contribution in [0.2, 0.25) is 0 Å². The lowest BCUT2D eigenvalue weighted by Gasteiger charge is -2.17. The Hall–Kier alpha value is -0.350. The number of rotatable bonds is 5. The number of hydrogen-bond donors (Lipinski definition) is 2. The van der Waals surface area contributed by atoms with E-state index in [0.29, 0.717) is 12.6 Å². The van der Waals surface area contributed by atoms with Crippen LogP contribution >= 0.6 is 15.9 Å². The lowest BCUT2D eigenvalue weighted by Crippen LogP contribution is -2.45. The molecule has 0 bridgehead atoms. The van der Waals surface area contributed by atoms with Crippen molar-refractivity contribution in [3.8, 4) is 0 Å². The molecule has 1 aliphatic rings. The van der Waals surface area contributed by atoms with Crippen LogP contribution in [-0.4, -0.2) is 24.5 Å². The molecule has 0 saturated heterocycles. The van der Waals surface area contributed by atoms with Gasteiger partial charge in [-0.1, -0.05) is 35.4 Å². The first-order valence-electron chi connectivity index (χ1n) is 5.46. The molecule has 0 radical (unpaired) electrons. The maximum atomic E-state index is 11.7. The van der Waals surface area contributed by atoms with Crippen LogP contribution < -0.4 is 10.6 Å². The van der Waals surface area contributed by atoms with Gasteiger partial charge in [-0.25, -0.2) is 0 Å². The smallest absolute Gasteiger partial charge is 0.237 e. The van der Waals surface area contributed by atoms with E-state index in [4.69, 9.17) is 0 Å². The topological polar surface area (TPSA) is 41.1 Å². The molecular weight excluding hydrogens is 256 g/mol. The second-order valence-corrected chi connectivity index (χ2v) is 5.23. The van der Waals surface area contributed by atoms with Crippen molar-refractivity contribution in [2.24, 2.45) is 0 Å². The molecular formula is C11H19BrN2O. The number of amides is 1. The fourth-order valence-corrected chi connectivity index (χ4v) is 1.91. The SMILES string of the molecule is C=C(Br)CNC(C)C(=O)NC1CCCC1. The molecule has 3 nitrogen and oxygen atoms in total. The minimum atomic E-state index is -0.153.